The van der Waals surface area contributed by atoms with Gasteiger partial charge in [-0.05, 0) is 57.4 Å². The highest BCUT2D eigenvalue weighted by molar-refractivity contribution is 7.90. The standard InChI is InChI=1S/C27H35N3O6S/c1-18-13-20(16-28-25(18)37(4,32)33)30-10-12-34-24-6-5-21(14-23(24)30)36-22-7-9-29(17-22)26(31)19-8-11-35-27(2,3)15-19/h5-6,13-14,16,19,22H,7-12,15,17H2,1-4H3/t19?,22-/m0/s1. The fourth-order valence-electron chi connectivity index (χ4n) is 5.54. The summed E-state index contributed by atoms with van der Waals surface area (Å²) in [4.78, 5) is 21.4. The van der Waals surface area contributed by atoms with E-state index in [4.69, 9.17) is 14.2 Å². The van der Waals surface area contributed by atoms with E-state index in [0.717, 1.165) is 42.6 Å². The Hall–Kier alpha value is -2.85. The van der Waals surface area contributed by atoms with Crippen molar-refractivity contribution in [3.8, 4) is 11.5 Å². The summed E-state index contributed by atoms with van der Waals surface area (Å²) >= 11 is 0. The minimum Gasteiger partial charge on any atom is -0.490 e. The van der Waals surface area contributed by atoms with E-state index in [2.05, 4.69) is 9.88 Å². The van der Waals surface area contributed by atoms with E-state index >= 15 is 0 Å². The first kappa shape index (κ1) is 25.8. The minimum atomic E-state index is -3.39. The Morgan fingerprint density at radius 1 is 1.16 bits per heavy atom. The molecule has 0 spiro atoms. The van der Waals surface area contributed by atoms with Gasteiger partial charge in [0.1, 0.15) is 24.2 Å². The fourth-order valence-corrected chi connectivity index (χ4v) is 6.43. The van der Waals surface area contributed by atoms with Gasteiger partial charge >= 0.3 is 0 Å². The van der Waals surface area contributed by atoms with Gasteiger partial charge in [0.25, 0.3) is 0 Å². The molecule has 1 amide bonds. The van der Waals surface area contributed by atoms with Gasteiger partial charge in [-0.2, -0.15) is 0 Å². The summed E-state index contributed by atoms with van der Waals surface area (Å²) in [5, 5.41) is 0.0893. The SMILES string of the molecule is Cc1cc(N2CCOc3ccc(O[C@H]4CCN(C(=O)C5CCOC(C)(C)C5)C4)cc32)cnc1S(C)(=O)=O. The number of fused-ring (bicyclic) bond motifs is 1. The number of pyridine rings is 1. The fraction of sp³-hybridized carbons (Fsp3) is 0.556. The summed E-state index contributed by atoms with van der Waals surface area (Å²) in [5.74, 6) is 1.64. The Bertz CT molecular complexity index is 1300. The Morgan fingerprint density at radius 3 is 2.70 bits per heavy atom. The average Bonchev–Trinajstić information content (AvgIpc) is 3.30. The van der Waals surface area contributed by atoms with E-state index in [1.165, 1.54) is 0 Å². The lowest BCUT2D eigenvalue weighted by Crippen LogP contribution is -2.43. The minimum absolute atomic E-state index is 0.00287. The molecule has 0 N–H and O–H groups in total. The van der Waals surface area contributed by atoms with E-state index in [1.54, 1.807) is 13.1 Å². The molecule has 200 valence electrons. The van der Waals surface area contributed by atoms with Crippen LogP contribution in [0.25, 0.3) is 0 Å². The molecule has 3 aliphatic heterocycles. The number of anilines is 2. The number of sulfone groups is 1. The van der Waals surface area contributed by atoms with E-state index in [0.29, 0.717) is 44.2 Å². The molecule has 1 aromatic carbocycles. The number of rotatable bonds is 5. The van der Waals surface area contributed by atoms with Gasteiger partial charge in [-0.3, -0.25) is 4.79 Å². The number of nitrogens with zero attached hydrogens (tertiary/aromatic N) is 3. The zero-order valence-corrected chi connectivity index (χ0v) is 22.7. The number of hydrogen-bond acceptors (Lipinski definition) is 8. The van der Waals surface area contributed by atoms with Crippen molar-refractivity contribution in [1.29, 1.82) is 0 Å². The quantitative estimate of drug-likeness (QED) is 0.581. The van der Waals surface area contributed by atoms with Crippen molar-refractivity contribution < 1.29 is 27.4 Å². The first-order chi connectivity index (χ1) is 17.5. The Balaban J connectivity index is 1.29. The molecule has 37 heavy (non-hydrogen) atoms. The summed E-state index contributed by atoms with van der Waals surface area (Å²) in [6.07, 6.45) is 4.97. The van der Waals surface area contributed by atoms with Gasteiger partial charge in [0, 0.05) is 37.8 Å². The van der Waals surface area contributed by atoms with Crippen LogP contribution in [0.5, 0.6) is 11.5 Å². The number of amides is 1. The van der Waals surface area contributed by atoms with Crippen LogP contribution in [0.4, 0.5) is 11.4 Å². The number of aromatic nitrogens is 1. The predicted octanol–water partition coefficient (Wildman–Crippen LogP) is 3.51. The van der Waals surface area contributed by atoms with Crippen LogP contribution in [0.2, 0.25) is 0 Å². The van der Waals surface area contributed by atoms with E-state index in [9.17, 15) is 13.2 Å². The second-order valence-electron chi connectivity index (χ2n) is 10.8. The van der Waals surface area contributed by atoms with Crippen LogP contribution in [0.3, 0.4) is 0 Å². The maximum Gasteiger partial charge on any atom is 0.226 e. The molecule has 2 fully saturated rings. The van der Waals surface area contributed by atoms with E-state index < -0.39 is 9.84 Å². The highest BCUT2D eigenvalue weighted by Gasteiger charge is 2.37. The second kappa shape index (κ2) is 9.79. The molecule has 2 aromatic rings. The lowest BCUT2D eigenvalue weighted by molar-refractivity contribution is -0.144. The molecular formula is C27H35N3O6S. The van der Waals surface area contributed by atoms with Crippen LogP contribution in [0.1, 0.15) is 38.7 Å². The number of aryl methyl sites for hydroxylation is 1. The zero-order chi connectivity index (χ0) is 26.4. The maximum absolute atomic E-state index is 13.1. The van der Waals surface area contributed by atoms with E-state index in [-0.39, 0.29) is 28.6 Å². The van der Waals surface area contributed by atoms with Crippen molar-refractivity contribution in [2.45, 2.75) is 56.8 Å². The molecule has 4 heterocycles. The van der Waals surface area contributed by atoms with Crippen molar-refractivity contribution in [3.63, 3.8) is 0 Å². The number of benzene rings is 1. The Kier molecular flexibility index (Phi) is 6.83. The molecule has 0 aliphatic carbocycles. The third-order valence-electron chi connectivity index (χ3n) is 7.28. The molecule has 9 nitrogen and oxygen atoms in total. The number of carbonyl (C=O) groups is 1. The van der Waals surface area contributed by atoms with Gasteiger partial charge in [-0.1, -0.05) is 0 Å². The van der Waals surface area contributed by atoms with Gasteiger partial charge in [0.15, 0.2) is 14.9 Å². The summed E-state index contributed by atoms with van der Waals surface area (Å²) < 4.78 is 42.0. The smallest absolute Gasteiger partial charge is 0.226 e. The van der Waals surface area contributed by atoms with Crippen LogP contribution in [0, 0.1) is 12.8 Å². The first-order valence-corrected chi connectivity index (χ1v) is 14.7. The Labute approximate surface area is 218 Å². The van der Waals surface area contributed by atoms with Crippen molar-refractivity contribution in [1.82, 2.24) is 9.88 Å². The third-order valence-corrected chi connectivity index (χ3v) is 8.41. The largest absolute Gasteiger partial charge is 0.490 e. The summed E-state index contributed by atoms with van der Waals surface area (Å²) in [6, 6.07) is 7.57. The molecule has 2 saturated heterocycles. The van der Waals surface area contributed by atoms with Crippen molar-refractivity contribution in [2.24, 2.45) is 5.92 Å². The lowest BCUT2D eigenvalue weighted by atomic mass is 9.87. The third kappa shape index (κ3) is 5.55. The maximum atomic E-state index is 13.1. The molecular weight excluding hydrogens is 494 g/mol. The molecule has 0 saturated carbocycles. The number of hydrogen-bond donors (Lipinski definition) is 0. The predicted molar refractivity (Wildman–Crippen MR) is 139 cm³/mol. The van der Waals surface area contributed by atoms with Gasteiger partial charge in [0.2, 0.25) is 5.91 Å². The van der Waals surface area contributed by atoms with Crippen LogP contribution >= 0.6 is 0 Å². The van der Waals surface area contributed by atoms with Crippen LogP contribution < -0.4 is 14.4 Å². The van der Waals surface area contributed by atoms with Crippen molar-refractivity contribution in [3.05, 3.63) is 36.0 Å². The molecule has 5 rings (SSSR count). The molecule has 0 radical (unpaired) electrons. The Morgan fingerprint density at radius 2 is 1.97 bits per heavy atom. The van der Waals surface area contributed by atoms with E-state index in [1.807, 2.05) is 43.0 Å². The molecule has 10 heteroatoms. The van der Waals surface area contributed by atoms with Gasteiger partial charge in [0.05, 0.1) is 36.3 Å². The number of carbonyl (C=O) groups excluding carboxylic acids is 1. The van der Waals surface area contributed by atoms with Crippen LogP contribution in [0.15, 0.2) is 35.5 Å². The van der Waals surface area contributed by atoms with Crippen molar-refractivity contribution in [2.75, 3.05) is 44.0 Å². The molecule has 0 bridgehead atoms. The normalized spacial score (nSPS) is 23.4. The summed E-state index contributed by atoms with van der Waals surface area (Å²) in [7, 11) is -3.39. The summed E-state index contributed by atoms with van der Waals surface area (Å²) in [6.45, 7) is 8.83. The lowest BCUT2D eigenvalue weighted by Gasteiger charge is -2.36. The molecule has 1 unspecified atom stereocenters. The monoisotopic (exact) mass is 529 g/mol. The molecule has 3 aliphatic rings. The first-order valence-electron chi connectivity index (χ1n) is 12.8. The number of likely N-dealkylation sites (tertiary alicyclic amines) is 1. The van der Waals surface area contributed by atoms with Gasteiger partial charge < -0.3 is 24.0 Å². The summed E-state index contributed by atoms with van der Waals surface area (Å²) in [5.41, 5.74) is 1.98. The molecule has 2 atom stereocenters. The van der Waals surface area contributed by atoms with Crippen LogP contribution in [-0.4, -0.2) is 75.0 Å². The topological polar surface area (TPSA) is 98.3 Å². The van der Waals surface area contributed by atoms with Crippen LogP contribution in [-0.2, 0) is 19.4 Å². The number of ether oxygens (including phenoxy) is 3. The highest BCUT2D eigenvalue weighted by Crippen LogP contribution is 2.40. The highest BCUT2D eigenvalue weighted by atomic mass is 32.2. The average molecular weight is 530 g/mol. The van der Waals surface area contributed by atoms with Crippen molar-refractivity contribution >= 4 is 27.1 Å². The van der Waals surface area contributed by atoms with Gasteiger partial charge in [-0.15, -0.1) is 0 Å². The van der Waals surface area contributed by atoms with Gasteiger partial charge in [-0.25, -0.2) is 13.4 Å². The molecule has 1 aromatic heterocycles. The second-order valence-corrected chi connectivity index (χ2v) is 12.8. The zero-order valence-electron chi connectivity index (χ0n) is 21.9.